The number of hydrogen-bond acceptors (Lipinski definition) is 4. The topological polar surface area (TPSA) is 47.6 Å². The third kappa shape index (κ3) is 4.92. The molecule has 1 fully saturated rings. The number of carbonyl (C=O) groups is 1. The van der Waals surface area contributed by atoms with Crippen LogP contribution in [0.3, 0.4) is 0 Å². The standard InChI is InChI=1S/C13H28N4O/c1-10(2)15-13(18)11(3)14-8-12-9-16(4)6-7-17(12)5/h10-12,14H,6-9H2,1-5H3,(H,15,18). The third-order valence-electron chi connectivity index (χ3n) is 3.46. The van der Waals surface area contributed by atoms with Crippen molar-refractivity contribution in [2.24, 2.45) is 0 Å². The zero-order valence-electron chi connectivity index (χ0n) is 12.4. The minimum absolute atomic E-state index is 0.0804. The molecule has 0 aromatic rings. The van der Waals surface area contributed by atoms with E-state index in [0.29, 0.717) is 6.04 Å². The molecule has 1 aliphatic heterocycles. The van der Waals surface area contributed by atoms with Gasteiger partial charge < -0.3 is 15.5 Å². The van der Waals surface area contributed by atoms with Crippen LogP contribution in [-0.4, -0.2) is 74.1 Å². The number of amides is 1. The van der Waals surface area contributed by atoms with Gasteiger partial charge in [0.25, 0.3) is 0 Å². The van der Waals surface area contributed by atoms with Crippen LogP contribution in [0, 0.1) is 0 Å². The number of piperazine rings is 1. The average molecular weight is 256 g/mol. The molecular formula is C13H28N4O. The van der Waals surface area contributed by atoms with E-state index < -0.39 is 0 Å². The number of carbonyl (C=O) groups excluding carboxylic acids is 1. The SMILES string of the molecule is CC(C)NC(=O)C(C)NCC1CN(C)CCN1C. The largest absolute Gasteiger partial charge is 0.353 e. The molecule has 18 heavy (non-hydrogen) atoms. The fourth-order valence-electron chi connectivity index (χ4n) is 2.14. The van der Waals surface area contributed by atoms with Gasteiger partial charge in [-0.25, -0.2) is 0 Å². The minimum Gasteiger partial charge on any atom is -0.353 e. The van der Waals surface area contributed by atoms with Crippen LogP contribution in [0.15, 0.2) is 0 Å². The van der Waals surface area contributed by atoms with Gasteiger partial charge in [0.2, 0.25) is 5.91 Å². The molecule has 2 atom stereocenters. The molecule has 1 amide bonds. The van der Waals surface area contributed by atoms with Gasteiger partial charge in [0, 0.05) is 38.3 Å². The van der Waals surface area contributed by atoms with Crippen LogP contribution in [-0.2, 0) is 4.79 Å². The van der Waals surface area contributed by atoms with Crippen molar-refractivity contribution in [3.63, 3.8) is 0 Å². The second kappa shape index (κ2) is 7.07. The zero-order valence-corrected chi connectivity index (χ0v) is 12.4. The Hall–Kier alpha value is -0.650. The second-order valence-electron chi connectivity index (χ2n) is 5.69. The Morgan fingerprint density at radius 2 is 1.94 bits per heavy atom. The van der Waals surface area contributed by atoms with Gasteiger partial charge in [-0.3, -0.25) is 9.69 Å². The van der Waals surface area contributed by atoms with E-state index in [1.54, 1.807) is 0 Å². The lowest BCUT2D eigenvalue weighted by Gasteiger charge is -2.38. The van der Waals surface area contributed by atoms with E-state index in [0.717, 1.165) is 26.2 Å². The predicted molar refractivity (Wildman–Crippen MR) is 74.7 cm³/mol. The number of likely N-dealkylation sites (N-methyl/N-ethyl adjacent to an activating group) is 2. The van der Waals surface area contributed by atoms with E-state index in [-0.39, 0.29) is 18.0 Å². The van der Waals surface area contributed by atoms with Gasteiger partial charge in [0.1, 0.15) is 0 Å². The summed E-state index contributed by atoms with van der Waals surface area (Å²) >= 11 is 0. The molecule has 0 saturated carbocycles. The Kier molecular flexibility index (Phi) is 6.05. The van der Waals surface area contributed by atoms with Crippen LogP contribution in [0.5, 0.6) is 0 Å². The fourth-order valence-corrected chi connectivity index (χ4v) is 2.14. The molecule has 5 heteroatoms. The molecule has 0 bridgehead atoms. The molecule has 2 N–H and O–H groups in total. The summed E-state index contributed by atoms with van der Waals surface area (Å²) in [6, 6.07) is 0.552. The first kappa shape index (κ1) is 15.4. The molecule has 0 aromatic heterocycles. The van der Waals surface area contributed by atoms with Gasteiger partial charge in [0.05, 0.1) is 6.04 Å². The summed E-state index contributed by atoms with van der Waals surface area (Å²) in [6.07, 6.45) is 0. The summed E-state index contributed by atoms with van der Waals surface area (Å²) in [6.45, 7) is 10.0. The summed E-state index contributed by atoms with van der Waals surface area (Å²) in [5.41, 5.74) is 0. The van der Waals surface area contributed by atoms with Gasteiger partial charge >= 0.3 is 0 Å². The highest BCUT2D eigenvalue weighted by Gasteiger charge is 2.23. The summed E-state index contributed by atoms with van der Waals surface area (Å²) in [5.74, 6) is 0.0804. The number of hydrogen-bond donors (Lipinski definition) is 2. The van der Waals surface area contributed by atoms with Crippen molar-refractivity contribution in [3.05, 3.63) is 0 Å². The van der Waals surface area contributed by atoms with Crippen LogP contribution in [0.1, 0.15) is 20.8 Å². The van der Waals surface area contributed by atoms with Gasteiger partial charge in [-0.2, -0.15) is 0 Å². The summed E-state index contributed by atoms with van der Waals surface area (Å²) in [7, 11) is 4.30. The molecular weight excluding hydrogens is 228 g/mol. The molecule has 0 aromatic carbocycles. The second-order valence-corrected chi connectivity index (χ2v) is 5.69. The molecule has 1 heterocycles. The van der Waals surface area contributed by atoms with E-state index in [9.17, 15) is 4.79 Å². The summed E-state index contributed by atoms with van der Waals surface area (Å²) < 4.78 is 0. The monoisotopic (exact) mass is 256 g/mol. The Labute approximate surface area is 111 Å². The van der Waals surface area contributed by atoms with E-state index in [4.69, 9.17) is 0 Å². The molecule has 2 unspecified atom stereocenters. The van der Waals surface area contributed by atoms with Crippen LogP contribution < -0.4 is 10.6 Å². The Morgan fingerprint density at radius 3 is 2.56 bits per heavy atom. The van der Waals surface area contributed by atoms with Crippen molar-refractivity contribution < 1.29 is 4.79 Å². The maximum absolute atomic E-state index is 11.8. The van der Waals surface area contributed by atoms with Crippen molar-refractivity contribution in [3.8, 4) is 0 Å². The molecule has 0 radical (unpaired) electrons. The molecule has 5 nitrogen and oxygen atoms in total. The van der Waals surface area contributed by atoms with Crippen LogP contribution in [0.25, 0.3) is 0 Å². The van der Waals surface area contributed by atoms with Gasteiger partial charge in [0.15, 0.2) is 0 Å². The van der Waals surface area contributed by atoms with E-state index in [1.165, 1.54) is 0 Å². The molecule has 1 saturated heterocycles. The van der Waals surface area contributed by atoms with Gasteiger partial charge in [-0.15, -0.1) is 0 Å². The molecule has 0 aliphatic carbocycles. The highest BCUT2D eigenvalue weighted by Crippen LogP contribution is 2.05. The normalized spacial score (nSPS) is 24.2. The molecule has 106 valence electrons. The Morgan fingerprint density at radius 1 is 1.28 bits per heavy atom. The van der Waals surface area contributed by atoms with Gasteiger partial charge in [-0.1, -0.05) is 0 Å². The van der Waals surface area contributed by atoms with Crippen molar-refractivity contribution in [1.29, 1.82) is 0 Å². The van der Waals surface area contributed by atoms with E-state index in [1.807, 2.05) is 20.8 Å². The lowest BCUT2D eigenvalue weighted by molar-refractivity contribution is -0.123. The third-order valence-corrected chi connectivity index (χ3v) is 3.46. The first-order valence-corrected chi connectivity index (χ1v) is 6.82. The maximum Gasteiger partial charge on any atom is 0.237 e. The number of rotatable bonds is 5. The Bertz CT molecular complexity index is 270. The molecule has 1 rings (SSSR count). The lowest BCUT2D eigenvalue weighted by Crippen LogP contribution is -2.56. The molecule has 0 spiro atoms. The maximum atomic E-state index is 11.8. The van der Waals surface area contributed by atoms with Crippen molar-refractivity contribution >= 4 is 5.91 Å². The predicted octanol–water partition coefficient (Wildman–Crippen LogP) is -0.265. The smallest absolute Gasteiger partial charge is 0.237 e. The highest BCUT2D eigenvalue weighted by atomic mass is 16.2. The Balaban J connectivity index is 2.32. The highest BCUT2D eigenvalue weighted by molar-refractivity contribution is 5.81. The lowest BCUT2D eigenvalue weighted by atomic mass is 10.1. The van der Waals surface area contributed by atoms with Gasteiger partial charge in [-0.05, 0) is 34.9 Å². The van der Waals surface area contributed by atoms with Crippen LogP contribution >= 0.6 is 0 Å². The number of nitrogens with one attached hydrogen (secondary N) is 2. The number of nitrogens with zero attached hydrogens (tertiary/aromatic N) is 2. The van der Waals surface area contributed by atoms with E-state index in [2.05, 4.69) is 34.5 Å². The quantitative estimate of drug-likeness (QED) is 0.711. The van der Waals surface area contributed by atoms with Crippen LogP contribution in [0.2, 0.25) is 0 Å². The minimum atomic E-state index is -0.131. The zero-order chi connectivity index (χ0) is 13.7. The van der Waals surface area contributed by atoms with Crippen LogP contribution in [0.4, 0.5) is 0 Å². The van der Waals surface area contributed by atoms with Crippen molar-refractivity contribution in [1.82, 2.24) is 20.4 Å². The van der Waals surface area contributed by atoms with Crippen molar-refractivity contribution in [2.45, 2.75) is 38.9 Å². The summed E-state index contributed by atoms with van der Waals surface area (Å²) in [4.78, 5) is 16.5. The first-order valence-electron chi connectivity index (χ1n) is 6.82. The molecule has 1 aliphatic rings. The van der Waals surface area contributed by atoms with E-state index >= 15 is 0 Å². The average Bonchev–Trinajstić information content (AvgIpc) is 2.29. The first-order chi connectivity index (χ1) is 8.40. The fraction of sp³-hybridized carbons (Fsp3) is 0.923. The van der Waals surface area contributed by atoms with Crippen molar-refractivity contribution in [2.75, 3.05) is 40.3 Å². The summed E-state index contributed by atoms with van der Waals surface area (Å²) in [5, 5.41) is 6.25.